The molecule has 142 valence electrons. The van der Waals surface area contributed by atoms with Gasteiger partial charge in [-0.3, -0.25) is 4.79 Å². The molecule has 3 aromatic carbocycles. The molecule has 0 N–H and O–H groups in total. The first-order valence-corrected chi connectivity index (χ1v) is 8.77. The average molecular weight is 376 g/mol. The summed E-state index contributed by atoms with van der Waals surface area (Å²) in [4.78, 5) is 24.1. The number of Topliss-reactive ketones (excluding diaryl/α,β-unsaturated/α-hetero) is 1. The number of ketones is 1. The van der Waals surface area contributed by atoms with Crippen LogP contribution in [-0.2, 0) is 9.53 Å². The molecule has 0 aromatic heterocycles. The van der Waals surface area contributed by atoms with Gasteiger partial charge in [0.15, 0.2) is 19.0 Å². The van der Waals surface area contributed by atoms with E-state index in [2.05, 4.69) is 0 Å². The molecule has 0 aliphatic heterocycles. The zero-order valence-electron chi connectivity index (χ0n) is 15.5. The number of hydrogen-bond acceptors (Lipinski definition) is 5. The lowest BCUT2D eigenvalue weighted by molar-refractivity contribution is -0.144. The molecule has 0 fully saturated rings. The molecule has 0 aliphatic rings. The maximum Gasteiger partial charge on any atom is 0.344 e. The molecule has 0 spiro atoms. The molecule has 0 saturated carbocycles. The summed E-state index contributed by atoms with van der Waals surface area (Å²) in [5, 5.41) is 0. The van der Waals surface area contributed by atoms with Gasteiger partial charge in [-0.2, -0.15) is 0 Å². The van der Waals surface area contributed by atoms with E-state index in [-0.39, 0.29) is 19.0 Å². The van der Waals surface area contributed by atoms with Crippen molar-refractivity contribution in [3.8, 4) is 22.6 Å². The average Bonchev–Trinajstić information content (AvgIpc) is 2.77. The van der Waals surface area contributed by atoms with Crippen LogP contribution in [0.4, 0.5) is 0 Å². The molecule has 0 amide bonds. The first kappa shape index (κ1) is 19.2. The van der Waals surface area contributed by atoms with Gasteiger partial charge >= 0.3 is 5.97 Å². The minimum atomic E-state index is -0.607. The van der Waals surface area contributed by atoms with E-state index in [9.17, 15) is 9.59 Å². The highest BCUT2D eigenvalue weighted by molar-refractivity contribution is 5.98. The minimum absolute atomic E-state index is 0.278. The van der Waals surface area contributed by atoms with E-state index in [1.165, 1.54) is 0 Å². The number of hydrogen-bond donors (Lipinski definition) is 0. The van der Waals surface area contributed by atoms with Crippen molar-refractivity contribution in [1.82, 2.24) is 0 Å². The first-order chi connectivity index (χ1) is 13.7. The summed E-state index contributed by atoms with van der Waals surface area (Å²) in [5.41, 5.74) is 2.32. The van der Waals surface area contributed by atoms with E-state index in [1.807, 2.05) is 48.5 Å². The van der Waals surface area contributed by atoms with Crippen molar-refractivity contribution >= 4 is 11.8 Å². The lowest BCUT2D eigenvalue weighted by Crippen LogP contribution is -2.19. The van der Waals surface area contributed by atoms with Gasteiger partial charge in [0.25, 0.3) is 0 Å². The van der Waals surface area contributed by atoms with Crippen molar-refractivity contribution in [3.63, 3.8) is 0 Å². The van der Waals surface area contributed by atoms with Crippen LogP contribution in [0.15, 0.2) is 78.9 Å². The first-order valence-electron chi connectivity index (χ1n) is 8.77. The fraction of sp³-hybridized carbons (Fsp3) is 0.130. The van der Waals surface area contributed by atoms with Crippen molar-refractivity contribution in [2.24, 2.45) is 0 Å². The summed E-state index contributed by atoms with van der Waals surface area (Å²) < 4.78 is 15.7. The predicted molar refractivity (Wildman–Crippen MR) is 106 cm³/mol. The van der Waals surface area contributed by atoms with Gasteiger partial charge in [0.2, 0.25) is 0 Å². The van der Waals surface area contributed by atoms with Gasteiger partial charge in [-0.05, 0) is 35.9 Å². The Morgan fingerprint density at radius 2 is 1.46 bits per heavy atom. The number of para-hydroxylation sites is 1. The Morgan fingerprint density at radius 1 is 0.786 bits per heavy atom. The summed E-state index contributed by atoms with van der Waals surface area (Å²) in [7, 11) is 1.55. The number of carbonyl (C=O) groups is 2. The van der Waals surface area contributed by atoms with Crippen LogP contribution >= 0.6 is 0 Å². The molecule has 5 heteroatoms. The van der Waals surface area contributed by atoms with Crippen LogP contribution in [0.5, 0.6) is 11.5 Å². The molecule has 0 radical (unpaired) electrons. The Kier molecular flexibility index (Phi) is 6.41. The monoisotopic (exact) mass is 376 g/mol. The molecule has 0 bridgehead atoms. The quantitative estimate of drug-likeness (QED) is 0.436. The van der Waals surface area contributed by atoms with Gasteiger partial charge in [0.05, 0.1) is 7.11 Å². The molecule has 0 aliphatic carbocycles. The second kappa shape index (κ2) is 9.37. The third-order valence-electron chi connectivity index (χ3n) is 4.09. The van der Waals surface area contributed by atoms with Gasteiger partial charge in [0, 0.05) is 11.1 Å². The molecule has 0 unspecified atom stereocenters. The second-order valence-electron chi connectivity index (χ2n) is 5.96. The fourth-order valence-corrected chi connectivity index (χ4v) is 2.63. The van der Waals surface area contributed by atoms with Gasteiger partial charge in [-0.25, -0.2) is 4.79 Å². The van der Waals surface area contributed by atoms with Crippen LogP contribution in [0.1, 0.15) is 10.4 Å². The number of rotatable bonds is 8. The zero-order valence-corrected chi connectivity index (χ0v) is 15.5. The second-order valence-corrected chi connectivity index (χ2v) is 5.96. The highest BCUT2D eigenvalue weighted by Gasteiger charge is 2.12. The van der Waals surface area contributed by atoms with Crippen LogP contribution in [0, 0.1) is 0 Å². The lowest BCUT2D eigenvalue weighted by Gasteiger charge is -2.11. The Hall–Kier alpha value is -3.60. The largest absolute Gasteiger partial charge is 0.497 e. The maximum absolute atomic E-state index is 12.1. The van der Waals surface area contributed by atoms with Gasteiger partial charge < -0.3 is 14.2 Å². The van der Waals surface area contributed by atoms with Crippen molar-refractivity contribution in [3.05, 3.63) is 84.4 Å². The molecule has 3 aromatic rings. The fourth-order valence-electron chi connectivity index (χ4n) is 2.63. The summed E-state index contributed by atoms with van der Waals surface area (Å²) >= 11 is 0. The molecule has 0 saturated heterocycles. The van der Waals surface area contributed by atoms with Crippen molar-refractivity contribution in [2.75, 3.05) is 20.3 Å². The summed E-state index contributed by atoms with van der Waals surface area (Å²) in [5.74, 6) is 0.330. The molecule has 28 heavy (non-hydrogen) atoms. The third-order valence-corrected chi connectivity index (χ3v) is 4.09. The van der Waals surface area contributed by atoms with E-state index in [0.29, 0.717) is 17.1 Å². The van der Waals surface area contributed by atoms with Crippen LogP contribution in [-0.4, -0.2) is 32.1 Å². The van der Waals surface area contributed by atoms with Crippen LogP contribution < -0.4 is 9.47 Å². The van der Waals surface area contributed by atoms with Crippen molar-refractivity contribution < 1.29 is 23.8 Å². The molecular weight excluding hydrogens is 356 g/mol. The highest BCUT2D eigenvalue weighted by Crippen LogP contribution is 2.29. The van der Waals surface area contributed by atoms with Crippen LogP contribution in [0.2, 0.25) is 0 Å². The number of esters is 1. The summed E-state index contributed by atoms with van der Waals surface area (Å²) in [6.45, 7) is -0.616. The minimum Gasteiger partial charge on any atom is -0.497 e. The van der Waals surface area contributed by atoms with Gasteiger partial charge in [0.1, 0.15) is 11.5 Å². The molecule has 0 atom stereocenters. The van der Waals surface area contributed by atoms with E-state index in [1.54, 1.807) is 37.4 Å². The number of ether oxygens (including phenoxy) is 3. The number of benzene rings is 3. The van der Waals surface area contributed by atoms with E-state index in [0.717, 1.165) is 11.1 Å². The van der Waals surface area contributed by atoms with Crippen LogP contribution in [0.25, 0.3) is 11.1 Å². The topological polar surface area (TPSA) is 61.8 Å². The van der Waals surface area contributed by atoms with Gasteiger partial charge in [-0.15, -0.1) is 0 Å². The lowest BCUT2D eigenvalue weighted by atomic mass is 10.1. The molecular formula is C23H20O5. The standard InChI is InChI=1S/C23H20O5/c1-26-19-13-11-18(12-14-19)21(24)15-28-23(25)16-27-22-10-6-5-9-20(22)17-7-3-2-4-8-17/h2-14H,15-16H2,1H3. The highest BCUT2D eigenvalue weighted by atomic mass is 16.6. The summed E-state index contributed by atoms with van der Waals surface area (Å²) in [6.07, 6.45) is 0. The molecule has 5 nitrogen and oxygen atoms in total. The van der Waals surface area contributed by atoms with Crippen LogP contribution in [0.3, 0.4) is 0 Å². The number of carbonyl (C=O) groups excluding carboxylic acids is 2. The maximum atomic E-state index is 12.1. The third kappa shape index (κ3) is 4.98. The smallest absolute Gasteiger partial charge is 0.344 e. The Balaban J connectivity index is 1.54. The van der Waals surface area contributed by atoms with E-state index < -0.39 is 5.97 Å². The molecule has 0 heterocycles. The zero-order chi connectivity index (χ0) is 19.8. The Labute approximate surface area is 163 Å². The normalized spacial score (nSPS) is 10.2. The summed E-state index contributed by atoms with van der Waals surface area (Å²) in [6, 6.07) is 23.8. The van der Waals surface area contributed by atoms with Crippen molar-refractivity contribution in [1.29, 1.82) is 0 Å². The van der Waals surface area contributed by atoms with Gasteiger partial charge in [-0.1, -0.05) is 48.5 Å². The Morgan fingerprint density at radius 3 is 2.18 bits per heavy atom. The van der Waals surface area contributed by atoms with E-state index in [4.69, 9.17) is 14.2 Å². The number of methoxy groups -OCH3 is 1. The molecule has 3 rings (SSSR count). The predicted octanol–water partition coefficient (Wildman–Crippen LogP) is 4.17. The Bertz CT molecular complexity index is 933. The SMILES string of the molecule is COc1ccc(C(=O)COC(=O)COc2ccccc2-c2ccccc2)cc1. The van der Waals surface area contributed by atoms with E-state index >= 15 is 0 Å². The van der Waals surface area contributed by atoms with Crippen molar-refractivity contribution in [2.45, 2.75) is 0 Å².